The van der Waals surface area contributed by atoms with Crippen molar-refractivity contribution in [2.24, 2.45) is 7.05 Å². The maximum absolute atomic E-state index is 12.2. The van der Waals surface area contributed by atoms with E-state index in [1.54, 1.807) is 7.11 Å². The SMILES string of the molecule is COC1CCCN(c2ccc(NC(=O)c3ccc(=O)n(C)n3)cc2)C1. The minimum absolute atomic E-state index is 0.199. The molecule has 1 amide bonds. The van der Waals surface area contributed by atoms with Crippen LogP contribution in [0.2, 0.25) is 0 Å². The van der Waals surface area contributed by atoms with Gasteiger partial charge in [0.05, 0.1) is 6.10 Å². The predicted octanol–water partition coefficient (Wildman–Crippen LogP) is 1.65. The highest BCUT2D eigenvalue weighted by Crippen LogP contribution is 2.23. The van der Waals surface area contributed by atoms with E-state index in [-0.39, 0.29) is 23.3 Å². The molecule has 3 rings (SSSR count). The first-order chi connectivity index (χ1) is 12.1. The highest BCUT2D eigenvalue weighted by atomic mass is 16.5. The first kappa shape index (κ1) is 17.2. The molecule has 0 radical (unpaired) electrons. The van der Waals surface area contributed by atoms with Crippen molar-refractivity contribution in [3.05, 3.63) is 52.4 Å². The van der Waals surface area contributed by atoms with Gasteiger partial charge in [-0.15, -0.1) is 0 Å². The van der Waals surface area contributed by atoms with Gasteiger partial charge in [-0.2, -0.15) is 5.10 Å². The van der Waals surface area contributed by atoms with Crippen molar-refractivity contribution in [2.75, 3.05) is 30.4 Å². The third-order valence-electron chi connectivity index (χ3n) is 4.39. The zero-order valence-electron chi connectivity index (χ0n) is 14.4. The fourth-order valence-corrected chi connectivity index (χ4v) is 2.94. The van der Waals surface area contributed by atoms with Crippen LogP contribution in [0.1, 0.15) is 23.3 Å². The summed E-state index contributed by atoms with van der Waals surface area (Å²) >= 11 is 0. The van der Waals surface area contributed by atoms with E-state index in [2.05, 4.69) is 15.3 Å². The lowest BCUT2D eigenvalue weighted by molar-refractivity contribution is 0.0893. The van der Waals surface area contributed by atoms with Gasteiger partial charge in [0.2, 0.25) is 0 Å². The van der Waals surface area contributed by atoms with Crippen molar-refractivity contribution < 1.29 is 9.53 Å². The van der Waals surface area contributed by atoms with Gasteiger partial charge in [0, 0.05) is 44.7 Å². The molecule has 7 heteroatoms. The van der Waals surface area contributed by atoms with Crippen LogP contribution in [0.4, 0.5) is 11.4 Å². The zero-order valence-corrected chi connectivity index (χ0v) is 14.4. The molecule has 7 nitrogen and oxygen atoms in total. The number of carbonyl (C=O) groups is 1. The third-order valence-corrected chi connectivity index (χ3v) is 4.39. The Morgan fingerprint density at radius 1 is 1.24 bits per heavy atom. The summed E-state index contributed by atoms with van der Waals surface area (Å²) in [7, 11) is 3.26. The Hall–Kier alpha value is -2.67. The van der Waals surface area contributed by atoms with E-state index in [0.29, 0.717) is 5.69 Å². The van der Waals surface area contributed by atoms with Crippen LogP contribution < -0.4 is 15.8 Å². The first-order valence-electron chi connectivity index (χ1n) is 8.30. The van der Waals surface area contributed by atoms with Crippen LogP contribution in [-0.2, 0) is 11.8 Å². The summed E-state index contributed by atoms with van der Waals surface area (Å²) in [6.07, 6.45) is 2.47. The largest absolute Gasteiger partial charge is 0.380 e. The number of ether oxygens (including phenoxy) is 1. The lowest BCUT2D eigenvalue weighted by atomic mass is 10.1. The van der Waals surface area contributed by atoms with E-state index >= 15 is 0 Å². The minimum atomic E-state index is -0.347. The molecule has 1 N–H and O–H groups in total. The lowest BCUT2D eigenvalue weighted by Crippen LogP contribution is -2.39. The molecule has 2 aromatic rings. The van der Waals surface area contributed by atoms with Crippen LogP contribution in [0, 0.1) is 0 Å². The van der Waals surface area contributed by atoms with Crippen molar-refractivity contribution >= 4 is 17.3 Å². The molecule has 1 saturated heterocycles. The van der Waals surface area contributed by atoms with Gasteiger partial charge in [0.1, 0.15) is 5.69 Å². The third kappa shape index (κ3) is 4.06. The second-order valence-corrected chi connectivity index (χ2v) is 6.13. The molecular weight excluding hydrogens is 320 g/mol. The summed E-state index contributed by atoms with van der Waals surface area (Å²) in [5, 5.41) is 6.74. The Bertz CT molecular complexity index is 801. The smallest absolute Gasteiger partial charge is 0.276 e. The number of methoxy groups -OCH3 is 1. The maximum Gasteiger partial charge on any atom is 0.276 e. The molecule has 132 valence electrons. The summed E-state index contributed by atoms with van der Waals surface area (Å²) < 4.78 is 6.60. The van der Waals surface area contributed by atoms with Gasteiger partial charge in [-0.3, -0.25) is 9.59 Å². The molecule has 1 aliphatic rings. The lowest BCUT2D eigenvalue weighted by Gasteiger charge is -2.33. The summed E-state index contributed by atoms with van der Waals surface area (Å²) in [6, 6.07) is 10.5. The fraction of sp³-hybridized carbons (Fsp3) is 0.389. The molecule has 0 saturated carbocycles. The Morgan fingerprint density at radius 3 is 2.68 bits per heavy atom. The number of aromatic nitrogens is 2. The molecule has 1 aromatic heterocycles. The van der Waals surface area contributed by atoms with Gasteiger partial charge in [-0.1, -0.05) is 0 Å². The number of nitrogens with zero attached hydrogens (tertiary/aromatic N) is 3. The number of nitrogens with one attached hydrogen (secondary N) is 1. The van der Waals surface area contributed by atoms with E-state index in [1.807, 2.05) is 24.3 Å². The van der Waals surface area contributed by atoms with E-state index in [4.69, 9.17) is 4.74 Å². The number of hydrogen-bond donors (Lipinski definition) is 1. The summed E-state index contributed by atoms with van der Waals surface area (Å²) in [5.74, 6) is -0.347. The first-order valence-corrected chi connectivity index (χ1v) is 8.30. The number of amides is 1. The molecular formula is C18H22N4O3. The quantitative estimate of drug-likeness (QED) is 0.914. The second-order valence-electron chi connectivity index (χ2n) is 6.13. The Morgan fingerprint density at radius 2 is 2.00 bits per heavy atom. The van der Waals surface area contributed by atoms with E-state index in [0.717, 1.165) is 36.3 Å². The van der Waals surface area contributed by atoms with Gasteiger partial charge in [-0.25, -0.2) is 4.68 Å². The second kappa shape index (κ2) is 7.48. The van der Waals surface area contributed by atoms with Crippen molar-refractivity contribution in [1.29, 1.82) is 0 Å². The number of piperidine rings is 1. The van der Waals surface area contributed by atoms with Crippen LogP contribution in [0.15, 0.2) is 41.2 Å². The van der Waals surface area contributed by atoms with Crippen molar-refractivity contribution in [2.45, 2.75) is 18.9 Å². The number of carbonyl (C=O) groups excluding carboxylic acids is 1. The average Bonchev–Trinajstić information content (AvgIpc) is 2.64. The molecule has 1 fully saturated rings. The van der Waals surface area contributed by atoms with Crippen LogP contribution in [0.3, 0.4) is 0 Å². The predicted molar refractivity (Wildman–Crippen MR) is 96.1 cm³/mol. The Labute approximate surface area is 146 Å². The molecule has 1 atom stereocenters. The molecule has 0 spiro atoms. The highest BCUT2D eigenvalue weighted by Gasteiger charge is 2.19. The number of aryl methyl sites for hydroxylation is 1. The maximum atomic E-state index is 12.2. The highest BCUT2D eigenvalue weighted by molar-refractivity contribution is 6.02. The molecule has 1 aliphatic heterocycles. The van der Waals surface area contributed by atoms with Crippen LogP contribution in [0.25, 0.3) is 0 Å². The van der Waals surface area contributed by atoms with Gasteiger partial charge in [0.25, 0.3) is 11.5 Å². The van der Waals surface area contributed by atoms with Crippen molar-refractivity contribution in [1.82, 2.24) is 9.78 Å². The van der Waals surface area contributed by atoms with Crippen molar-refractivity contribution in [3.8, 4) is 0 Å². The average molecular weight is 342 g/mol. The van der Waals surface area contributed by atoms with E-state index < -0.39 is 0 Å². The molecule has 25 heavy (non-hydrogen) atoms. The van der Waals surface area contributed by atoms with Crippen LogP contribution in [-0.4, -0.2) is 42.0 Å². The Balaban J connectivity index is 1.67. The Kier molecular flexibility index (Phi) is 5.14. The molecule has 0 bridgehead atoms. The van der Waals surface area contributed by atoms with Crippen LogP contribution in [0.5, 0.6) is 0 Å². The topological polar surface area (TPSA) is 76.5 Å². The fourth-order valence-electron chi connectivity index (χ4n) is 2.94. The number of benzene rings is 1. The molecule has 0 aliphatic carbocycles. The molecule has 1 unspecified atom stereocenters. The summed E-state index contributed by atoms with van der Waals surface area (Å²) in [5.41, 5.74) is 1.74. The summed E-state index contributed by atoms with van der Waals surface area (Å²) in [4.78, 5) is 25.9. The molecule has 1 aromatic carbocycles. The normalized spacial score (nSPS) is 17.4. The number of rotatable bonds is 4. The zero-order chi connectivity index (χ0) is 17.8. The van der Waals surface area contributed by atoms with Gasteiger partial charge in [-0.05, 0) is 43.2 Å². The standard InChI is InChI=1S/C18H22N4O3/c1-21-17(23)10-9-16(20-21)18(24)19-13-5-7-14(8-6-13)22-11-3-4-15(12-22)25-2/h5-10,15H,3-4,11-12H2,1-2H3,(H,19,24). The minimum Gasteiger partial charge on any atom is -0.380 e. The van der Waals surface area contributed by atoms with E-state index in [1.165, 1.54) is 19.2 Å². The van der Waals surface area contributed by atoms with Crippen LogP contribution >= 0.6 is 0 Å². The van der Waals surface area contributed by atoms with Gasteiger partial charge >= 0.3 is 0 Å². The van der Waals surface area contributed by atoms with E-state index in [9.17, 15) is 9.59 Å². The van der Waals surface area contributed by atoms with Crippen molar-refractivity contribution in [3.63, 3.8) is 0 Å². The van der Waals surface area contributed by atoms with Gasteiger partial charge < -0.3 is 15.0 Å². The monoisotopic (exact) mass is 342 g/mol. The molecule has 2 heterocycles. The number of hydrogen-bond acceptors (Lipinski definition) is 5. The number of anilines is 2. The van der Waals surface area contributed by atoms with Gasteiger partial charge in [0.15, 0.2) is 0 Å². The summed E-state index contributed by atoms with van der Waals surface area (Å²) in [6.45, 7) is 1.89.